The van der Waals surface area contributed by atoms with Crippen molar-refractivity contribution in [2.24, 2.45) is 0 Å². The maximum Gasteiger partial charge on any atom is 0.0702 e. The lowest BCUT2D eigenvalue weighted by atomic mass is 10.2. The summed E-state index contributed by atoms with van der Waals surface area (Å²) in [5, 5.41) is 3.47. The van der Waals surface area contributed by atoms with E-state index < -0.39 is 0 Å². The third-order valence-corrected chi connectivity index (χ3v) is 3.27. The molecule has 1 aliphatic heterocycles. The molecule has 4 heteroatoms. The van der Waals surface area contributed by atoms with Crippen LogP contribution < -0.4 is 5.32 Å². The van der Waals surface area contributed by atoms with E-state index in [-0.39, 0.29) is 0 Å². The molecule has 0 aromatic heterocycles. The molecule has 0 bridgehead atoms. The molecular formula is C13H28N2O2. The van der Waals surface area contributed by atoms with Crippen LogP contribution in [0.3, 0.4) is 0 Å². The van der Waals surface area contributed by atoms with Crippen LogP contribution in [-0.4, -0.2) is 63.5 Å². The molecule has 0 aliphatic carbocycles. The fourth-order valence-electron chi connectivity index (χ4n) is 2.39. The van der Waals surface area contributed by atoms with E-state index in [1.807, 2.05) is 0 Å². The summed E-state index contributed by atoms with van der Waals surface area (Å²) in [7, 11) is 1.76. The molecule has 2 atom stereocenters. The van der Waals surface area contributed by atoms with Crippen LogP contribution in [0, 0.1) is 0 Å². The van der Waals surface area contributed by atoms with Crippen molar-refractivity contribution in [3.05, 3.63) is 0 Å². The summed E-state index contributed by atoms with van der Waals surface area (Å²) in [4.78, 5) is 2.46. The molecule has 1 fully saturated rings. The standard InChI is InChI=1S/C13H28N2O2/c1-4-14-12(11-16-3)9-15(5-2)10-13-7-6-8-17-13/h12-14H,4-11H2,1-3H3. The smallest absolute Gasteiger partial charge is 0.0702 e. The normalized spacial score (nSPS) is 22.2. The summed E-state index contributed by atoms with van der Waals surface area (Å²) in [5.41, 5.74) is 0. The molecular weight excluding hydrogens is 216 g/mol. The highest BCUT2D eigenvalue weighted by atomic mass is 16.5. The van der Waals surface area contributed by atoms with Gasteiger partial charge in [0, 0.05) is 32.8 Å². The highest BCUT2D eigenvalue weighted by Crippen LogP contribution is 2.13. The van der Waals surface area contributed by atoms with Crippen molar-refractivity contribution in [3.8, 4) is 0 Å². The Labute approximate surface area is 106 Å². The molecule has 1 heterocycles. The Morgan fingerprint density at radius 2 is 2.29 bits per heavy atom. The van der Waals surface area contributed by atoms with Crippen LogP contribution in [-0.2, 0) is 9.47 Å². The van der Waals surface area contributed by atoms with Crippen molar-refractivity contribution in [1.82, 2.24) is 10.2 Å². The molecule has 1 saturated heterocycles. The fourth-order valence-corrected chi connectivity index (χ4v) is 2.39. The number of nitrogens with zero attached hydrogens (tertiary/aromatic N) is 1. The van der Waals surface area contributed by atoms with E-state index in [0.29, 0.717) is 12.1 Å². The largest absolute Gasteiger partial charge is 0.383 e. The van der Waals surface area contributed by atoms with Crippen molar-refractivity contribution in [2.75, 3.05) is 46.5 Å². The number of likely N-dealkylation sites (N-methyl/N-ethyl adjacent to an activating group) is 2. The topological polar surface area (TPSA) is 33.7 Å². The number of methoxy groups -OCH3 is 1. The van der Waals surface area contributed by atoms with E-state index in [2.05, 4.69) is 24.1 Å². The van der Waals surface area contributed by atoms with Crippen molar-refractivity contribution < 1.29 is 9.47 Å². The summed E-state index contributed by atoms with van der Waals surface area (Å²) >= 11 is 0. The maximum absolute atomic E-state index is 5.69. The average molecular weight is 244 g/mol. The van der Waals surface area contributed by atoms with Gasteiger partial charge in [-0.15, -0.1) is 0 Å². The number of nitrogens with one attached hydrogen (secondary N) is 1. The summed E-state index contributed by atoms with van der Waals surface area (Å²) in [6, 6.07) is 0.423. The lowest BCUT2D eigenvalue weighted by Crippen LogP contribution is -2.45. The molecule has 1 rings (SSSR count). The summed E-state index contributed by atoms with van der Waals surface area (Å²) in [5.74, 6) is 0. The Bertz CT molecular complexity index is 178. The van der Waals surface area contributed by atoms with Crippen LogP contribution in [0.15, 0.2) is 0 Å². The molecule has 102 valence electrons. The number of rotatable bonds is 9. The lowest BCUT2D eigenvalue weighted by molar-refractivity contribution is 0.0650. The predicted octanol–water partition coefficient (Wildman–Crippen LogP) is 1.11. The van der Waals surface area contributed by atoms with E-state index in [9.17, 15) is 0 Å². The van der Waals surface area contributed by atoms with E-state index in [0.717, 1.165) is 39.4 Å². The Hall–Kier alpha value is -0.160. The van der Waals surface area contributed by atoms with Crippen LogP contribution in [0.5, 0.6) is 0 Å². The minimum absolute atomic E-state index is 0.423. The van der Waals surface area contributed by atoms with Crippen LogP contribution in [0.4, 0.5) is 0 Å². The lowest BCUT2D eigenvalue weighted by Gasteiger charge is -2.28. The Balaban J connectivity index is 2.31. The third kappa shape index (κ3) is 5.82. The first-order valence-electron chi connectivity index (χ1n) is 6.86. The Morgan fingerprint density at radius 1 is 1.47 bits per heavy atom. The minimum atomic E-state index is 0.423. The average Bonchev–Trinajstić information content (AvgIpc) is 2.81. The second-order valence-electron chi connectivity index (χ2n) is 4.70. The minimum Gasteiger partial charge on any atom is -0.383 e. The molecule has 2 unspecified atom stereocenters. The van der Waals surface area contributed by atoms with Gasteiger partial charge in [-0.05, 0) is 25.9 Å². The molecule has 0 saturated carbocycles. The van der Waals surface area contributed by atoms with E-state index in [1.54, 1.807) is 7.11 Å². The quantitative estimate of drug-likeness (QED) is 0.659. The zero-order chi connectivity index (χ0) is 12.5. The summed E-state index contributed by atoms with van der Waals surface area (Å²) in [6.45, 7) is 10.2. The van der Waals surface area contributed by atoms with Gasteiger partial charge in [0.15, 0.2) is 0 Å². The fraction of sp³-hybridized carbons (Fsp3) is 1.00. The number of hydrogen-bond donors (Lipinski definition) is 1. The van der Waals surface area contributed by atoms with Gasteiger partial charge < -0.3 is 14.8 Å². The van der Waals surface area contributed by atoms with Crippen molar-refractivity contribution >= 4 is 0 Å². The van der Waals surface area contributed by atoms with E-state index in [4.69, 9.17) is 9.47 Å². The van der Waals surface area contributed by atoms with Gasteiger partial charge in [0.25, 0.3) is 0 Å². The highest BCUT2D eigenvalue weighted by molar-refractivity contribution is 4.75. The van der Waals surface area contributed by atoms with Crippen LogP contribution in [0.1, 0.15) is 26.7 Å². The molecule has 0 spiro atoms. The molecule has 0 aromatic rings. The SMILES string of the molecule is CCNC(COC)CN(CC)CC1CCCO1. The molecule has 1 N–H and O–H groups in total. The zero-order valence-electron chi connectivity index (χ0n) is 11.6. The second-order valence-corrected chi connectivity index (χ2v) is 4.70. The Morgan fingerprint density at radius 3 is 2.82 bits per heavy atom. The molecule has 0 radical (unpaired) electrons. The summed E-state index contributed by atoms with van der Waals surface area (Å²) < 4.78 is 10.9. The van der Waals surface area contributed by atoms with Gasteiger partial charge in [0.1, 0.15) is 0 Å². The van der Waals surface area contributed by atoms with Crippen LogP contribution >= 0.6 is 0 Å². The molecule has 0 aromatic carbocycles. The number of ether oxygens (including phenoxy) is 2. The van der Waals surface area contributed by atoms with Gasteiger partial charge in [-0.3, -0.25) is 4.90 Å². The first-order valence-corrected chi connectivity index (χ1v) is 6.86. The summed E-state index contributed by atoms with van der Waals surface area (Å²) in [6.07, 6.45) is 2.88. The number of hydrogen-bond acceptors (Lipinski definition) is 4. The highest BCUT2D eigenvalue weighted by Gasteiger charge is 2.20. The van der Waals surface area contributed by atoms with Crippen LogP contribution in [0.25, 0.3) is 0 Å². The molecule has 1 aliphatic rings. The predicted molar refractivity (Wildman–Crippen MR) is 70.4 cm³/mol. The van der Waals surface area contributed by atoms with Gasteiger partial charge >= 0.3 is 0 Å². The van der Waals surface area contributed by atoms with E-state index >= 15 is 0 Å². The van der Waals surface area contributed by atoms with Gasteiger partial charge in [-0.1, -0.05) is 13.8 Å². The molecule has 0 amide bonds. The maximum atomic E-state index is 5.69. The van der Waals surface area contributed by atoms with Crippen molar-refractivity contribution in [1.29, 1.82) is 0 Å². The van der Waals surface area contributed by atoms with Gasteiger partial charge in [-0.2, -0.15) is 0 Å². The van der Waals surface area contributed by atoms with Gasteiger partial charge in [0.2, 0.25) is 0 Å². The second kappa shape index (κ2) is 8.86. The first kappa shape index (κ1) is 14.9. The van der Waals surface area contributed by atoms with Gasteiger partial charge in [0.05, 0.1) is 12.7 Å². The Kier molecular flexibility index (Phi) is 7.77. The van der Waals surface area contributed by atoms with E-state index in [1.165, 1.54) is 12.8 Å². The third-order valence-electron chi connectivity index (χ3n) is 3.27. The van der Waals surface area contributed by atoms with Crippen molar-refractivity contribution in [2.45, 2.75) is 38.8 Å². The molecule has 17 heavy (non-hydrogen) atoms. The first-order chi connectivity index (χ1) is 8.30. The van der Waals surface area contributed by atoms with Gasteiger partial charge in [-0.25, -0.2) is 0 Å². The monoisotopic (exact) mass is 244 g/mol. The van der Waals surface area contributed by atoms with Crippen LogP contribution in [0.2, 0.25) is 0 Å². The van der Waals surface area contributed by atoms with Crippen molar-refractivity contribution in [3.63, 3.8) is 0 Å². The molecule has 4 nitrogen and oxygen atoms in total. The zero-order valence-corrected chi connectivity index (χ0v) is 11.6.